The predicted molar refractivity (Wildman–Crippen MR) is 128 cm³/mol. The van der Waals surface area contributed by atoms with Crippen molar-refractivity contribution >= 4 is 40.3 Å². The summed E-state index contributed by atoms with van der Waals surface area (Å²) in [6.07, 6.45) is 4.93. The van der Waals surface area contributed by atoms with Crippen LogP contribution < -0.4 is 21.3 Å². The molecule has 5 N–H and O–H groups in total. The summed E-state index contributed by atoms with van der Waals surface area (Å²) in [6, 6.07) is 8.81. The molecule has 0 radical (unpaired) electrons. The number of fused-ring (bicyclic) bond motifs is 1. The quantitative estimate of drug-likeness (QED) is 0.420. The van der Waals surface area contributed by atoms with E-state index in [1.807, 2.05) is 24.4 Å². The minimum absolute atomic E-state index is 0.147. The molecule has 4 rings (SSSR count). The van der Waals surface area contributed by atoms with Gasteiger partial charge in [-0.2, -0.15) is 0 Å². The van der Waals surface area contributed by atoms with Crippen molar-refractivity contribution in [3.8, 4) is 0 Å². The van der Waals surface area contributed by atoms with E-state index in [1.165, 1.54) is 6.92 Å². The van der Waals surface area contributed by atoms with Gasteiger partial charge in [0.2, 0.25) is 11.8 Å². The molecule has 1 unspecified atom stereocenters. The first-order chi connectivity index (χ1) is 15.8. The number of hydrogen-bond donors (Lipinski definition) is 4. The molecule has 1 fully saturated rings. The number of carbonyl (C=O) groups is 2. The Morgan fingerprint density at radius 1 is 1.21 bits per heavy atom. The Hall–Kier alpha value is -3.17. The molecule has 0 aliphatic carbocycles. The Bertz CT molecular complexity index is 1120. The number of amides is 2. The van der Waals surface area contributed by atoms with Gasteiger partial charge in [-0.3, -0.25) is 9.59 Å². The molecular weight excluding hydrogens is 442 g/mol. The molecule has 1 aliphatic heterocycles. The molecule has 0 saturated carbocycles. The predicted octanol–water partition coefficient (Wildman–Crippen LogP) is 2.29. The van der Waals surface area contributed by atoms with E-state index in [2.05, 4.69) is 30.5 Å². The van der Waals surface area contributed by atoms with Crippen LogP contribution in [0.1, 0.15) is 37.8 Å². The summed E-state index contributed by atoms with van der Waals surface area (Å²) in [5, 5.41) is 7.39. The topological polar surface area (TPSA) is 129 Å². The molecule has 33 heavy (non-hydrogen) atoms. The lowest BCUT2D eigenvalue weighted by Crippen LogP contribution is -2.53. The Kier molecular flexibility index (Phi) is 6.80. The van der Waals surface area contributed by atoms with E-state index < -0.39 is 5.54 Å². The van der Waals surface area contributed by atoms with Gasteiger partial charge in [0.15, 0.2) is 0 Å². The molecule has 10 heteroatoms. The number of benzene rings is 1. The van der Waals surface area contributed by atoms with Crippen LogP contribution in [-0.2, 0) is 9.59 Å². The second-order valence-corrected chi connectivity index (χ2v) is 9.01. The van der Waals surface area contributed by atoms with E-state index in [1.54, 1.807) is 18.5 Å². The van der Waals surface area contributed by atoms with E-state index in [-0.39, 0.29) is 30.8 Å². The van der Waals surface area contributed by atoms with E-state index in [0.29, 0.717) is 31.0 Å². The average Bonchev–Trinajstić information content (AvgIpc) is 3.26. The van der Waals surface area contributed by atoms with Gasteiger partial charge in [0, 0.05) is 49.7 Å². The monoisotopic (exact) mass is 469 g/mol. The van der Waals surface area contributed by atoms with Crippen molar-refractivity contribution in [3.05, 3.63) is 53.4 Å². The molecule has 0 bridgehead atoms. The molecule has 2 amide bonds. The summed E-state index contributed by atoms with van der Waals surface area (Å²) < 4.78 is 0. The van der Waals surface area contributed by atoms with Crippen molar-refractivity contribution < 1.29 is 9.59 Å². The fraction of sp³-hybridized carbons (Fsp3) is 0.391. The van der Waals surface area contributed by atoms with Crippen molar-refractivity contribution in [1.29, 1.82) is 0 Å². The normalized spacial score (nSPS) is 16.4. The van der Waals surface area contributed by atoms with Crippen molar-refractivity contribution in [2.24, 2.45) is 5.73 Å². The number of aromatic amines is 1. The Morgan fingerprint density at radius 3 is 2.64 bits per heavy atom. The number of carbonyl (C=O) groups excluding carboxylic acids is 2. The van der Waals surface area contributed by atoms with Crippen LogP contribution in [0.25, 0.3) is 11.0 Å². The van der Waals surface area contributed by atoms with Crippen molar-refractivity contribution in [1.82, 2.24) is 25.6 Å². The van der Waals surface area contributed by atoms with E-state index in [9.17, 15) is 9.59 Å². The minimum atomic E-state index is -0.608. The summed E-state index contributed by atoms with van der Waals surface area (Å²) in [6.45, 7) is 3.14. The number of piperidine rings is 1. The maximum atomic E-state index is 12.9. The number of nitrogens with one attached hydrogen (secondary N) is 3. The third-order valence-corrected chi connectivity index (χ3v) is 6.32. The van der Waals surface area contributed by atoms with Gasteiger partial charge in [-0.25, -0.2) is 9.97 Å². The first-order valence-corrected chi connectivity index (χ1v) is 11.3. The van der Waals surface area contributed by atoms with Crippen molar-refractivity contribution in [2.45, 2.75) is 37.8 Å². The van der Waals surface area contributed by atoms with E-state index in [4.69, 9.17) is 17.3 Å². The Morgan fingerprint density at radius 2 is 1.94 bits per heavy atom. The number of halogens is 1. The maximum absolute atomic E-state index is 12.9. The average molecular weight is 470 g/mol. The van der Waals surface area contributed by atoms with Crippen molar-refractivity contribution in [3.63, 3.8) is 0 Å². The fourth-order valence-electron chi connectivity index (χ4n) is 4.21. The second kappa shape index (κ2) is 9.76. The molecule has 3 heterocycles. The zero-order valence-corrected chi connectivity index (χ0v) is 19.2. The van der Waals surface area contributed by atoms with Crippen LogP contribution in [0.5, 0.6) is 0 Å². The smallest absolute Gasteiger partial charge is 0.222 e. The van der Waals surface area contributed by atoms with Crippen LogP contribution in [0.2, 0.25) is 5.02 Å². The van der Waals surface area contributed by atoms with Gasteiger partial charge in [0.25, 0.3) is 0 Å². The van der Waals surface area contributed by atoms with Gasteiger partial charge in [-0.15, -0.1) is 0 Å². The molecule has 174 valence electrons. The highest BCUT2D eigenvalue weighted by Crippen LogP contribution is 2.29. The van der Waals surface area contributed by atoms with Crippen LogP contribution in [0.15, 0.2) is 42.9 Å². The van der Waals surface area contributed by atoms with E-state index >= 15 is 0 Å². The van der Waals surface area contributed by atoms with Crippen molar-refractivity contribution in [2.75, 3.05) is 24.5 Å². The Labute approximate surface area is 197 Å². The molecule has 1 aromatic carbocycles. The maximum Gasteiger partial charge on any atom is 0.222 e. The molecule has 1 saturated heterocycles. The standard InChI is InChI=1S/C23H28ClN7O2/c1-15(32)27-13-19(16-2-4-17(24)5-3-16)30-20(33)12-23(25)7-10-31(11-8-23)22-18-6-9-26-21(18)28-14-29-22/h2-6,9,14,19H,7-8,10-13,25H2,1H3,(H,27,32)(H,30,33)(H,26,28,29). The third kappa shape index (κ3) is 5.61. The summed E-state index contributed by atoms with van der Waals surface area (Å²) in [5.74, 6) is 0.573. The lowest BCUT2D eigenvalue weighted by atomic mass is 9.85. The summed E-state index contributed by atoms with van der Waals surface area (Å²) in [5.41, 5.74) is 7.69. The number of nitrogens with two attached hydrogens (primary N) is 1. The van der Waals surface area contributed by atoms with Crippen LogP contribution in [0, 0.1) is 0 Å². The fourth-order valence-corrected chi connectivity index (χ4v) is 4.34. The Balaban J connectivity index is 1.38. The zero-order chi connectivity index (χ0) is 23.4. The van der Waals surface area contributed by atoms with Crippen LogP contribution in [-0.4, -0.2) is 51.9 Å². The third-order valence-electron chi connectivity index (χ3n) is 6.07. The number of anilines is 1. The van der Waals surface area contributed by atoms with Gasteiger partial charge in [0.05, 0.1) is 11.4 Å². The van der Waals surface area contributed by atoms with Gasteiger partial charge in [0.1, 0.15) is 17.8 Å². The highest BCUT2D eigenvalue weighted by molar-refractivity contribution is 6.30. The summed E-state index contributed by atoms with van der Waals surface area (Å²) >= 11 is 5.99. The largest absolute Gasteiger partial charge is 0.356 e. The number of H-pyrrole nitrogens is 1. The summed E-state index contributed by atoms with van der Waals surface area (Å²) in [7, 11) is 0. The van der Waals surface area contributed by atoms with Crippen LogP contribution >= 0.6 is 11.6 Å². The molecule has 0 spiro atoms. The highest BCUT2D eigenvalue weighted by atomic mass is 35.5. The van der Waals surface area contributed by atoms with Gasteiger partial charge < -0.3 is 26.3 Å². The molecule has 1 atom stereocenters. The molecule has 2 aromatic heterocycles. The number of hydrogen-bond acceptors (Lipinski definition) is 6. The molecule has 3 aromatic rings. The molecule has 1 aliphatic rings. The lowest BCUT2D eigenvalue weighted by molar-refractivity contribution is -0.124. The number of rotatable bonds is 7. The SMILES string of the molecule is CC(=O)NCC(NC(=O)CC1(N)CCN(c2ncnc3[nH]ccc23)CC1)c1ccc(Cl)cc1. The van der Waals surface area contributed by atoms with Crippen LogP contribution in [0.3, 0.4) is 0 Å². The molecular formula is C23H28ClN7O2. The minimum Gasteiger partial charge on any atom is -0.356 e. The summed E-state index contributed by atoms with van der Waals surface area (Å²) in [4.78, 5) is 38.3. The molecule has 9 nitrogen and oxygen atoms in total. The first kappa shape index (κ1) is 23.0. The van der Waals surface area contributed by atoms with Gasteiger partial charge >= 0.3 is 0 Å². The highest BCUT2D eigenvalue weighted by Gasteiger charge is 2.34. The lowest BCUT2D eigenvalue weighted by Gasteiger charge is -2.39. The van der Waals surface area contributed by atoms with Gasteiger partial charge in [-0.1, -0.05) is 23.7 Å². The van der Waals surface area contributed by atoms with Crippen LogP contribution in [0.4, 0.5) is 5.82 Å². The number of nitrogens with zero attached hydrogens (tertiary/aromatic N) is 3. The zero-order valence-electron chi connectivity index (χ0n) is 18.5. The van der Waals surface area contributed by atoms with E-state index in [0.717, 1.165) is 22.4 Å². The van der Waals surface area contributed by atoms with Gasteiger partial charge in [-0.05, 0) is 36.6 Å². The second-order valence-electron chi connectivity index (χ2n) is 8.57. The number of aromatic nitrogens is 3. The first-order valence-electron chi connectivity index (χ1n) is 10.9.